The molecule has 0 atom stereocenters. The number of fused-ring (bicyclic) bond motifs is 1. The Labute approximate surface area is 159 Å². The first-order valence-corrected chi connectivity index (χ1v) is 10.4. The van der Waals surface area contributed by atoms with E-state index in [9.17, 15) is 8.42 Å². The van der Waals surface area contributed by atoms with Gasteiger partial charge in [-0.2, -0.15) is 5.10 Å². The number of nitrogens with zero attached hydrogens (tertiary/aromatic N) is 2. The Bertz CT molecular complexity index is 1050. The molecule has 1 N–H and O–H groups in total. The number of sulfonamides is 1. The summed E-state index contributed by atoms with van der Waals surface area (Å²) in [6.07, 6.45) is 6.74. The molecule has 6 heteroatoms. The lowest BCUT2D eigenvalue weighted by atomic mass is 9.98. The Balaban J connectivity index is 1.41. The fourth-order valence-electron chi connectivity index (χ4n) is 3.23. The first-order valence-electron chi connectivity index (χ1n) is 8.93. The molecular weight excluding hydrogens is 358 g/mol. The van der Waals surface area contributed by atoms with E-state index in [1.54, 1.807) is 12.3 Å². The lowest BCUT2D eigenvalue weighted by Gasteiger charge is -2.17. The van der Waals surface area contributed by atoms with Crippen LogP contribution in [0.5, 0.6) is 0 Å². The smallest absolute Gasteiger partial charge is 0.237 e. The first kappa shape index (κ1) is 17.7. The van der Waals surface area contributed by atoms with Crippen molar-refractivity contribution in [2.24, 2.45) is 0 Å². The molecule has 1 aromatic heterocycles. The highest BCUT2D eigenvalue weighted by atomic mass is 32.2. The molecule has 0 fully saturated rings. The van der Waals surface area contributed by atoms with Crippen LogP contribution in [-0.2, 0) is 29.5 Å². The van der Waals surface area contributed by atoms with Gasteiger partial charge in [0.1, 0.15) is 0 Å². The van der Waals surface area contributed by atoms with Gasteiger partial charge in [-0.15, -0.1) is 0 Å². The van der Waals surface area contributed by atoms with E-state index in [1.807, 2.05) is 65.5 Å². The molecule has 4 rings (SSSR count). The zero-order valence-corrected chi connectivity index (χ0v) is 15.7. The second-order valence-electron chi connectivity index (χ2n) is 6.65. The van der Waals surface area contributed by atoms with Crippen molar-refractivity contribution in [3.05, 3.63) is 94.1 Å². The van der Waals surface area contributed by atoms with Gasteiger partial charge >= 0.3 is 0 Å². The van der Waals surface area contributed by atoms with Crippen LogP contribution in [0.4, 0.5) is 0 Å². The molecule has 5 nitrogen and oxygen atoms in total. The summed E-state index contributed by atoms with van der Waals surface area (Å²) in [5.74, 6) is 0. The lowest BCUT2D eigenvalue weighted by molar-refractivity contribution is 0.585. The van der Waals surface area contributed by atoms with Gasteiger partial charge in [0.25, 0.3) is 0 Å². The van der Waals surface area contributed by atoms with Crippen molar-refractivity contribution >= 4 is 16.1 Å². The summed E-state index contributed by atoms with van der Waals surface area (Å²) in [4.78, 5) is 0.455. The monoisotopic (exact) mass is 379 g/mol. The first-order chi connectivity index (χ1) is 13.1. The number of hydrogen-bond acceptors (Lipinski definition) is 3. The Morgan fingerprint density at radius 1 is 0.963 bits per heavy atom. The van der Waals surface area contributed by atoms with E-state index in [2.05, 4.69) is 9.82 Å². The molecule has 1 aliphatic rings. The molecule has 0 bridgehead atoms. The summed E-state index contributed by atoms with van der Waals surface area (Å²) < 4.78 is 29.9. The number of rotatable bonds is 6. The number of nitrogens with one attached hydrogen (secondary N) is 1. The van der Waals surface area contributed by atoms with Crippen LogP contribution in [0.3, 0.4) is 0 Å². The quantitative estimate of drug-likeness (QED) is 0.714. The highest BCUT2D eigenvalue weighted by molar-refractivity contribution is 7.93. The minimum Gasteiger partial charge on any atom is -0.268 e. The summed E-state index contributed by atoms with van der Waals surface area (Å²) in [6.45, 7) is 0.981. The van der Waals surface area contributed by atoms with Gasteiger partial charge in [0.2, 0.25) is 10.0 Å². The standard InChI is InChI=1S/C21H21N3O2S/c25-27(26,21-11-10-19-4-1-2-5-20(19)14-21)23-15-17-6-8-18(9-7-17)16-24-13-3-12-22-24/h1-9,12-14,23H,10-11,15-16H2. The molecule has 138 valence electrons. The summed E-state index contributed by atoms with van der Waals surface area (Å²) >= 11 is 0. The number of allylic oxidation sites excluding steroid dienone is 1. The summed E-state index contributed by atoms with van der Waals surface area (Å²) in [5.41, 5.74) is 4.24. The van der Waals surface area contributed by atoms with Crippen molar-refractivity contribution in [3.8, 4) is 0 Å². The molecule has 0 aliphatic heterocycles. The Kier molecular flexibility index (Phi) is 4.92. The minimum atomic E-state index is -3.48. The van der Waals surface area contributed by atoms with E-state index in [4.69, 9.17) is 0 Å². The Morgan fingerprint density at radius 3 is 2.52 bits per heavy atom. The van der Waals surface area contributed by atoms with Gasteiger partial charge in [-0.25, -0.2) is 13.1 Å². The zero-order chi connectivity index (χ0) is 18.7. The third-order valence-electron chi connectivity index (χ3n) is 4.75. The van der Waals surface area contributed by atoms with Gasteiger partial charge < -0.3 is 0 Å². The molecule has 1 aliphatic carbocycles. The van der Waals surface area contributed by atoms with Crippen LogP contribution in [0.15, 0.2) is 71.9 Å². The van der Waals surface area contributed by atoms with Crippen molar-refractivity contribution in [2.75, 3.05) is 0 Å². The van der Waals surface area contributed by atoms with E-state index in [0.29, 0.717) is 17.9 Å². The average Bonchev–Trinajstić information content (AvgIpc) is 3.20. The average molecular weight is 379 g/mol. The molecule has 3 aromatic rings. The lowest BCUT2D eigenvalue weighted by Crippen LogP contribution is -2.25. The summed E-state index contributed by atoms with van der Waals surface area (Å²) in [7, 11) is -3.48. The molecule has 2 aromatic carbocycles. The molecular formula is C21H21N3O2S. The van der Waals surface area contributed by atoms with Crippen molar-refractivity contribution < 1.29 is 8.42 Å². The van der Waals surface area contributed by atoms with Crippen LogP contribution in [-0.4, -0.2) is 18.2 Å². The highest BCUT2D eigenvalue weighted by Gasteiger charge is 2.21. The second-order valence-corrected chi connectivity index (χ2v) is 8.47. The molecule has 0 saturated carbocycles. The van der Waals surface area contributed by atoms with Gasteiger partial charge in [0, 0.05) is 18.9 Å². The van der Waals surface area contributed by atoms with E-state index in [0.717, 1.165) is 23.1 Å². The van der Waals surface area contributed by atoms with Crippen LogP contribution in [0.2, 0.25) is 0 Å². The number of aromatic nitrogens is 2. The maximum Gasteiger partial charge on any atom is 0.237 e. The van der Waals surface area contributed by atoms with Crippen molar-refractivity contribution in [2.45, 2.75) is 25.9 Å². The third kappa shape index (κ3) is 4.18. The molecule has 0 radical (unpaired) electrons. The van der Waals surface area contributed by atoms with E-state index >= 15 is 0 Å². The maximum absolute atomic E-state index is 12.7. The van der Waals surface area contributed by atoms with Crippen LogP contribution in [0.25, 0.3) is 6.08 Å². The summed E-state index contributed by atoms with van der Waals surface area (Å²) in [6, 6.07) is 17.7. The fraction of sp³-hybridized carbons (Fsp3) is 0.190. The largest absolute Gasteiger partial charge is 0.268 e. The second kappa shape index (κ2) is 7.50. The molecule has 0 amide bonds. The van der Waals surface area contributed by atoms with Gasteiger partial charge in [-0.3, -0.25) is 4.68 Å². The maximum atomic E-state index is 12.7. The Hall–Kier alpha value is -2.70. The molecule has 0 unspecified atom stereocenters. The summed E-state index contributed by atoms with van der Waals surface area (Å²) in [5, 5.41) is 4.19. The van der Waals surface area contributed by atoms with E-state index in [-0.39, 0.29) is 6.54 Å². The normalized spacial score (nSPS) is 13.9. The zero-order valence-electron chi connectivity index (χ0n) is 14.9. The predicted molar refractivity (Wildman–Crippen MR) is 106 cm³/mol. The molecule has 0 spiro atoms. The van der Waals surface area contributed by atoms with Gasteiger partial charge in [0.05, 0.1) is 11.4 Å². The topological polar surface area (TPSA) is 64.0 Å². The predicted octanol–water partition coefficient (Wildman–Crippen LogP) is 3.34. The van der Waals surface area contributed by atoms with Crippen LogP contribution in [0, 0.1) is 0 Å². The SMILES string of the molecule is O=S(=O)(NCc1ccc(Cn2cccn2)cc1)C1=Cc2ccccc2CC1. The third-order valence-corrected chi connectivity index (χ3v) is 6.29. The fourth-order valence-corrected chi connectivity index (χ4v) is 4.43. The van der Waals surface area contributed by atoms with Crippen molar-refractivity contribution in [3.63, 3.8) is 0 Å². The van der Waals surface area contributed by atoms with Gasteiger partial charge in [-0.05, 0) is 47.2 Å². The van der Waals surface area contributed by atoms with E-state index < -0.39 is 10.0 Å². The van der Waals surface area contributed by atoms with Gasteiger partial charge in [0.15, 0.2) is 0 Å². The minimum absolute atomic E-state index is 0.281. The highest BCUT2D eigenvalue weighted by Crippen LogP contribution is 2.26. The van der Waals surface area contributed by atoms with Crippen molar-refractivity contribution in [1.29, 1.82) is 0 Å². The molecule has 0 saturated heterocycles. The number of aryl methyl sites for hydroxylation is 1. The van der Waals surface area contributed by atoms with Crippen LogP contribution in [0.1, 0.15) is 28.7 Å². The number of hydrogen-bond donors (Lipinski definition) is 1. The number of benzene rings is 2. The van der Waals surface area contributed by atoms with Crippen LogP contribution >= 0.6 is 0 Å². The van der Waals surface area contributed by atoms with Gasteiger partial charge in [-0.1, -0.05) is 48.5 Å². The Morgan fingerprint density at radius 2 is 1.74 bits per heavy atom. The molecule has 1 heterocycles. The van der Waals surface area contributed by atoms with E-state index in [1.165, 1.54) is 5.56 Å². The van der Waals surface area contributed by atoms with Crippen LogP contribution < -0.4 is 4.72 Å². The van der Waals surface area contributed by atoms with Crippen molar-refractivity contribution in [1.82, 2.24) is 14.5 Å². The molecule has 27 heavy (non-hydrogen) atoms.